The Hall–Kier alpha value is -1.22. The number of hydrazine groups is 1. The maximum absolute atomic E-state index is 6.01. The predicted molar refractivity (Wildman–Crippen MR) is 82.8 cm³/mol. The summed E-state index contributed by atoms with van der Waals surface area (Å²) in [5, 5.41) is 5.21. The highest BCUT2D eigenvalue weighted by Gasteiger charge is 2.39. The second kappa shape index (κ2) is 6.91. The second-order valence-electron chi connectivity index (χ2n) is 5.57. The van der Waals surface area contributed by atoms with Crippen molar-refractivity contribution in [2.45, 2.75) is 45.1 Å². The molecule has 0 radical (unpaired) electrons. The standard InChI is InChI=1S/C13H21ClN6O2/c1-3-4-21-7-8(2)15-12-16-11(14)17-13(18-12)20-6-9-5-10(19-20)22-9/h8-10,19H,3-7H2,1-2H3,(H,15,16,17,18)/t8-,9?,10?/m1/s1. The Kier molecular flexibility index (Phi) is 4.92. The molecule has 2 N–H and O–H groups in total. The Morgan fingerprint density at radius 2 is 2.32 bits per heavy atom. The Morgan fingerprint density at radius 1 is 1.50 bits per heavy atom. The van der Waals surface area contributed by atoms with E-state index in [0.29, 0.717) is 25.0 Å². The van der Waals surface area contributed by atoms with Gasteiger partial charge in [-0.1, -0.05) is 6.92 Å². The molecular formula is C13H21ClN6O2. The molecule has 8 nitrogen and oxygen atoms in total. The molecule has 1 aromatic rings. The first-order chi connectivity index (χ1) is 10.6. The van der Waals surface area contributed by atoms with Gasteiger partial charge >= 0.3 is 0 Å². The van der Waals surface area contributed by atoms with Crippen LogP contribution in [0.3, 0.4) is 0 Å². The second-order valence-corrected chi connectivity index (χ2v) is 5.91. The number of aromatic nitrogens is 3. The first kappa shape index (κ1) is 15.7. The van der Waals surface area contributed by atoms with Crippen molar-refractivity contribution in [3.63, 3.8) is 0 Å². The molecule has 3 fully saturated rings. The zero-order valence-corrected chi connectivity index (χ0v) is 13.5. The number of ether oxygens (including phenoxy) is 2. The number of halogens is 1. The average Bonchev–Trinajstić information content (AvgIpc) is 2.46. The fourth-order valence-corrected chi connectivity index (χ4v) is 2.58. The first-order valence-electron chi connectivity index (χ1n) is 7.59. The van der Waals surface area contributed by atoms with Crippen molar-refractivity contribution in [1.29, 1.82) is 0 Å². The number of anilines is 2. The molecular weight excluding hydrogens is 308 g/mol. The van der Waals surface area contributed by atoms with E-state index >= 15 is 0 Å². The van der Waals surface area contributed by atoms with E-state index in [9.17, 15) is 0 Å². The number of rotatable bonds is 7. The minimum Gasteiger partial charge on any atom is -0.379 e. The van der Waals surface area contributed by atoms with Crippen molar-refractivity contribution in [2.24, 2.45) is 0 Å². The van der Waals surface area contributed by atoms with Gasteiger partial charge in [0.05, 0.1) is 19.3 Å². The summed E-state index contributed by atoms with van der Waals surface area (Å²) in [6.07, 6.45) is 2.30. The van der Waals surface area contributed by atoms with Crippen LogP contribution in [-0.4, -0.2) is 53.1 Å². The highest BCUT2D eigenvalue weighted by Crippen LogP contribution is 2.26. The molecule has 1 aromatic heterocycles. The zero-order valence-electron chi connectivity index (χ0n) is 12.8. The van der Waals surface area contributed by atoms with Gasteiger partial charge in [0.1, 0.15) is 6.23 Å². The SMILES string of the molecule is CCCOC[C@@H](C)Nc1nc(Cl)nc(N2CC3CC(N2)O3)n1. The normalized spacial score (nSPS) is 24.8. The van der Waals surface area contributed by atoms with Crippen LogP contribution in [0.5, 0.6) is 0 Å². The molecule has 3 aliphatic heterocycles. The Labute approximate surface area is 134 Å². The largest absolute Gasteiger partial charge is 0.379 e. The van der Waals surface area contributed by atoms with Gasteiger partial charge in [0.25, 0.3) is 0 Å². The Balaban J connectivity index is 1.62. The van der Waals surface area contributed by atoms with Gasteiger partial charge in [-0.15, -0.1) is 0 Å². The average molecular weight is 329 g/mol. The molecule has 2 unspecified atom stereocenters. The number of nitrogens with one attached hydrogen (secondary N) is 2. The number of fused-ring (bicyclic) bond motifs is 2. The molecule has 3 aliphatic rings. The van der Waals surface area contributed by atoms with Crippen LogP contribution in [-0.2, 0) is 9.47 Å². The van der Waals surface area contributed by atoms with Gasteiger partial charge in [-0.05, 0) is 24.9 Å². The van der Waals surface area contributed by atoms with Crippen LogP contribution in [0.15, 0.2) is 0 Å². The third kappa shape index (κ3) is 3.75. The fourth-order valence-electron chi connectivity index (χ4n) is 2.42. The van der Waals surface area contributed by atoms with Crippen LogP contribution < -0.4 is 15.8 Å². The lowest BCUT2D eigenvalue weighted by atomic mass is 10.1. The van der Waals surface area contributed by atoms with Crippen LogP contribution in [0.25, 0.3) is 0 Å². The number of hydrogen-bond donors (Lipinski definition) is 2. The van der Waals surface area contributed by atoms with Crippen LogP contribution in [0, 0.1) is 0 Å². The van der Waals surface area contributed by atoms with Crippen molar-refractivity contribution in [3.05, 3.63) is 5.28 Å². The molecule has 2 bridgehead atoms. The minimum atomic E-state index is 0.0482. The van der Waals surface area contributed by atoms with Crippen molar-refractivity contribution in [3.8, 4) is 0 Å². The highest BCUT2D eigenvalue weighted by atomic mass is 35.5. The zero-order chi connectivity index (χ0) is 15.5. The first-order valence-corrected chi connectivity index (χ1v) is 7.97. The molecule has 122 valence electrons. The lowest BCUT2D eigenvalue weighted by Gasteiger charge is -2.47. The molecule has 0 spiro atoms. The Bertz CT molecular complexity index is 503. The summed E-state index contributed by atoms with van der Waals surface area (Å²) < 4.78 is 11.0. The van der Waals surface area contributed by atoms with Crippen molar-refractivity contribution < 1.29 is 9.47 Å². The molecule has 3 saturated heterocycles. The Morgan fingerprint density at radius 3 is 3.00 bits per heavy atom. The summed E-state index contributed by atoms with van der Waals surface area (Å²) in [7, 11) is 0. The molecule has 4 rings (SSSR count). The van der Waals surface area contributed by atoms with E-state index in [4.69, 9.17) is 21.1 Å². The van der Waals surface area contributed by atoms with E-state index in [1.165, 1.54) is 0 Å². The molecule has 3 atom stereocenters. The topological polar surface area (TPSA) is 84.4 Å². The predicted octanol–water partition coefficient (Wildman–Crippen LogP) is 1.19. The van der Waals surface area contributed by atoms with E-state index in [1.54, 1.807) is 0 Å². The van der Waals surface area contributed by atoms with E-state index in [0.717, 1.165) is 19.4 Å². The number of nitrogens with zero attached hydrogens (tertiary/aromatic N) is 4. The molecule has 0 saturated carbocycles. The van der Waals surface area contributed by atoms with Gasteiger partial charge in [0, 0.05) is 19.1 Å². The summed E-state index contributed by atoms with van der Waals surface area (Å²) in [5.74, 6) is 0.951. The van der Waals surface area contributed by atoms with Crippen LogP contribution in [0.1, 0.15) is 26.7 Å². The molecule has 4 heterocycles. The molecule has 0 aliphatic carbocycles. The van der Waals surface area contributed by atoms with Crippen molar-refractivity contribution in [2.75, 3.05) is 30.1 Å². The minimum absolute atomic E-state index is 0.0482. The van der Waals surface area contributed by atoms with E-state index < -0.39 is 0 Å². The summed E-state index contributed by atoms with van der Waals surface area (Å²) in [5.41, 5.74) is 3.20. The van der Waals surface area contributed by atoms with E-state index in [-0.39, 0.29) is 23.7 Å². The quantitative estimate of drug-likeness (QED) is 0.722. The lowest BCUT2D eigenvalue weighted by Crippen LogP contribution is -2.65. The van der Waals surface area contributed by atoms with Gasteiger partial charge in [0.15, 0.2) is 0 Å². The number of hydrogen-bond acceptors (Lipinski definition) is 8. The lowest BCUT2D eigenvalue weighted by molar-refractivity contribution is -0.161. The van der Waals surface area contributed by atoms with Crippen LogP contribution in [0.4, 0.5) is 11.9 Å². The van der Waals surface area contributed by atoms with Gasteiger partial charge in [-0.25, -0.2) is 5.43 Å². The summed E-state index contributed by atoms with van der Waals surface area (Å²) >= 11 is 6.01. The third-order valence-electron chi connectivity index (χ3n) is 3.45. The van der Waals surface area contributed by atoms with Crippen molar-refractivity contribution in [1.82, 2.24) is 20.4 Å². The fraction of sp³-hybridized carbons (Fsp3) is 0.769. The summed E-state index contributed by atoms with van der Waals surface area (Å²) in [6, 6.07) is 0.0870. The smallest absolute Gasteiger partial charge is 0.246 e. The van der Waals surface area contributed by atoms with Crippen LogP contribution >= 0.6 is 11.6 Å². The molecule has 22 heavy (non-hydrogen) atoms. The van der Waals surface area contributed by atoms with Crippen molar-refractivity contribution >= 4 is 23.5 Å². The third-order valence-corrected chi connectivity index (χ3v) is 3.62. The molecule has 9 heteroatoms. The van der Waals surface area contributed by atoms with E-state index in [2.05, 4.69) is 32.6 Å². The summed E-state index contributed by atoms with van der Waals surface area (Å²) in [6.45, 7) is 6.12. The summed E-state index contributed by atoms with van der Waals surface area (Å²) in [4.78, 5) is 12.7. The molecule has 0 aromatic carbocycles. The van der Waals surface area contributed by atoms with Gasteiger partial charge in [-0.2, -0.15) is 15.0 Å². The maximum Gasteiger partial charge on any atom is 0.246 e. The van der Waals surface area contributed by atoms with Gasteiger partial charge < -0.3 is 14.8 Å². The monoisotopic (exact) mass is 328 g/mol. The highest BCUT2D eigenvalue weighted by molar-refractivity contribution is 6.28. The van der Waals surface area contributed by atoms with Crippen LogP contribution in [0.2, 0.25) is 5.28 Å². The van der Waals surface area contributed by atoms with Gasteiger partial charge in [-0.3, -0.25) is 5.01 Å². The van der Waals surface area contributed by atoms with Gasteiger partial charge in [0.2, 0.25) is 17.2 Å². The van der Waals surface area contributed by atoms with E-state index in [1.807, 2.05) is 11.9 Å². The maximum atomic E-state index is 6.01. The molecule has 0 amide bonds.